The summed E-state index contributed by atoms with van der Waals surface area (Å²) in [6.45, 7) is 9.13. The number of carbonyl (C=O) groups excluding carboxylic acids is 1. The number of hydrogen-bond donors (Lipinski definition) is 0. The number of amides is 1. The fourth-order valence-electron chi connectivity index (χ4n) is 2.42. The maximum Gasteiger partial charge on any atom is 0.255 e. The highest BCUT2D eigenvalue weighted by atomic mass is 79.9. The summed E-state index contributed by atoms with van der Waals surface area (Å²) in [7, 11) is 0. The Morgan fingerprint density at radius 1 is 1.25 bits per heavy atom. The largest absolute Gasteiger partial charge is 0.336 e. The Balaban J connectivity index is 2.11. The van der Waals surface area contributed by atoms with Crippen LogP contribution >= 0.6 is 15.9 Å². The van der Waals surface area contributed by atoms with E-state index < -0.39 is 0 Å². The Kier molecular flexibility index (Phi) is 4.81. The van der Waals surface area contributed by atoms with Gasteiger partial charge in [0, 0.05) is 36.7 Å². The number of rotatable bonds is 2. The van der Waals surface area contributed by atoms with Crippen molar-refractivity contribution in [2.45, 2.75) is 26.8 Å². The standard InChI is InChI=1S/C15H20BrFN2O/c1-10(2)18-4-6-19(7-5-18)15(20)12-9-14(17)11(3)8-13(12)16/h8-10H,4-7H2,1-3H3. The van der Waals surface area contributed by atoms with Crippen molar-refractivity contribution in [2.24, 2.45) is 0 Å². The van der Waals surface area contributed by atoms with Crippen molar-refractivity contribution in [1.82, 2.24) is 9.80 Å². The first-order valence-electron chi connectivity index (χ1n) is 6.89. The van der Waals surface area contributed by atoms with Crippen molar-refractivity contribution in [3.63, 3.8) is 0 Å². The lowest BCUT2D eigenvalue weighted by atomic mass is 10.1. The second-order valence-electron chi connectivity index (χ2n) is 5.50. The van der Waals surface area contributed by atoms with Gasteiger partial charge in [0.2, 0.25) is 0 Å². The zero-order chi connectivity index (χ0) is 14.9. The van der Waals surface area contributed by atoms with E-state index in [1.165, 1.54) is 6.07 Å². The van der Waals surface area contributed by atoms with Crippen LogP contribution in [-0.2, 0) is 0 Å². The molecule has 1 aromatic carbocycles. The quantitative estimate of drug-likeness (QED) is 0.824. The highest BCUT2D eigenvalue weighted by Crippen LogP contribution is 2.23. The third-order valence-corrected chi connectivity index (χ3v) is 4.47. The van der Waals surface area contributed by atoms with Crippen LogP contribution in [0.3, 0.4) is 0 Å². The van der Waals surface area contributed by atoms with Crippen LogP contribution in [0.2, 0.25) is 0 Å². The van der Waals surface area contributed by atoms with Crippen molar-refractivity contribution >= 4 is 21.8 Å². The van der Waals surface area contributed by atoms with Gasteiger partial charge in [-0.2, -0.15) is 0 Å². The molecule has 0 N–H and O–H groups in total. The van der Waals surface area contributed by atoms with Gasteiger partial charge in [0.05, 0.1) is 5.56 Å². The molecule has 20 heavy (non-hydrogen) atoms. The zero-order valence-corrected chi connectivity index (χ0v) is 13.7. The summed E-state index contributed by atoms with van der Waals surface area (Å²) in [4.78, 5) is 16.6. The molecule has 0 atom stereocenters. The lowest BCUT2D eigenvalue weighted by Crippen LogP contribution is -2.50. The topological polar surface area (TPSA) is 23.6 Å². The summed E-state index contributed by atoms with van der Waals surface area (Å²) in [5.74, 6) is -0.434. The number of benzene rings is 1. The van der Waals surface area contributed by atoms with E-state index in [1.54, 1.807) is 17.9 Å². The molecule has 0 aromatic heterocycles. The van der Waals surface area contributed by atoms with E-state index in [0.717, 1.165) is 13.1 Å². The van der Waals surface area contributed by atoms with E-state index in [-0.39, 0.29) is 11.7 Å². The van der Waals surface area contributed by atoms with Crippen molar-refractivity contribution < 1.29 is 9.18 Å². The van der Waals surface area contributed by atoms with Crippen LogP contribution < -0.4 is 0 Å². The number of carbonyl (C=O) groups is 1. The predicted molar refractivity (Wildman–Crippen MR) is 81.4 cm³/mol. The van der Waals surface area contributed by atoms with Crippen LogP contribution in [-0.4, -0.2) is 47.9 Å². The van der Waals surface area contributed by atoms with Gasteiger partial charge in [0.25, 0.3) is 5.91 Å². The van der Waals surface area contributed by atoms with Gasteiger partial charge in [0.1, 0.15) is 5.82 Å². The molecule has 0 unspecified atom stereocenters. The third kappa shape index (κ3) is 3.20. The molecule has 0 bridgehead atoms. The minimum atomic E-state index is -0.336. The van der Waals surface area contributed by atoms with E-state index in [4.69, 9.17) is 0 Å². The first-order chi connectivity index (χ1) is 9.40. The molecule has 1 aliphatic heterocycles. The molecule has 0 spiro atoms. The summed E-state index contributed by atoms with van der Waals surface area (Å²) >= 11 is 3.36. The molecule has 1 fully saturated rings. The molecule has 2 rings (SSSR count). The van der Waals surface area contributed by atoms with Crippen LogP contribution in [0.1, 0.15) is 29.8 Å². The fraction of sp³-hybridized carbons (Fsp3) is 0.533. The predicted octanol–water partition coefficient (Wildman–Crippen LogP) is 3.06. The molecular formula is C15H20BrFN2O. The fourth-order valence-corrected chi connectivity index (χ4v) is 3.05. The molecule has 0 saturated carbocycles. The first-order valence-corrected chi connectivity index (χ1v) is 7.68. The zero-order valence-electron chi connectivity index (χ0n) is 12.1. The van der Waals surface area contributed by atoms with Crippen LogP contribution in [0.5, 0.6) is 0 Å². The van der Waals surface area contributed by atoms with Crippen molar-refractivity contribution in [3.8, 4) is 0 Å². The summed E-state index contributed by atoms with van der Waals surface area (Å²) in [5.41, 5.74) is 0.948. The molecule has 0 aliphatic carbocycles. The normalized spacial score (nSPS) is 16.8. The van der Waals surface area contributed by atoms with Crippen LogP contribution in [0.15, 0.2) is 16.6 Å². The number of hydrogen-bond acceptors (Lipinski definition) is 2. The molecule has 110 valence electrons. The Labute approximate surface area is 127 Å². The molecule has 1 aliphatic rings. The highest BCUT2D eigenvalue weighted by Gasteiger charge is 2.25. The minimum absolute atomic E-state index is 0.0980. The molecule has 1 aromatic rings. The summed E-state index contributed by atoms with van der Waals surface area (Å²) in [6.07, 6.45) is 0. The molecule has 0 radical (unpaired) electrons. The number of aryl methyl sites for hydroxylation is 1. The summed E-state index contributed by atoms with van der Waals surface area (Å²) < 4.78 is 14.3. The van der Waals surface area contributed by atoms with Gasteiger partial charge < -0.3 is 4.90 Å². The van der Waals surface area contributed by atoms with Gasteiger partial charge in [-0.3, -0.25) is 9.69 Å². The monoisotopic (exact) mass is 342 g/mol. The Bertz CT molecular complexity index is 511. The van der Waals surface area contributed by atoms with E-state index in [9.17, 15) is 9.18 Å². The average Bonchev–Trinajstić information content (AvgIpc) is 2.42. The molecule has 1 heterocycles. The Morgan fingerprint density at radius 3 is 2.40 bits per heavy atom. The van der Waals surface area contributed by atoms with Crippen LogP contribution in [0.4, 0.5) is 4.39 Å². The Hall–Kier alpha value is -0.940. The number of halogens is 2. The SMILES string of the molecule is Cc1cc(Br)c(C(=O)N2CCN(C(C)C)CC2)cc1F. The van der Waals surface area contributed by atoms with Gasteiger partial charge >= 0.3 is 0 Å². The molecule has 1 amide bonds. The van der Waals surface area contributed by atoms with E-state index in [2.05, 4.69) is 34.7 Å². The van der Waals surface area contributed by atoms with Crippen molar-refractivity contribution in [3.05, 3.63) is 33.5 Å². The smallest absolute Gasteiger partial charge is 0.255 e. The van der Waals surface area contributed by atoms with E-state index in [1.807, 2.05) is 0 Å². The van der Waals surface area contributed by atoms with E-state index >= 15 is 0 Å². The van der Waals surface area contributed by atoms with E-state index in [0.29, 0.717) is 34.7 Å². The van der Waals surface area contributed by atoms with Gasteiger partial charge in [0.15, 0.2) is 0 Å². The number of nitrogens with zero attached hydrogens (tertiary/aromatic N) is 2. The summed E-state index contributed by atoms with van der Waals surface area (Å²) in [5, 5.41) is 0. The Morgan fingerprint density at radius 2 is 1.85 bits per heavy atom. The van der Waals surface area contributed by atoms with Gasteiger partial charge in [-0.15, -0.1) is 0 Å². The second-order valence-corrected chi connectivity index (χ2v) is 6.36. The molecular weight excluding hydrogens is 323 g/mol. The average molecular weight is 343 g/mol. The third-order valence-electron chi connectivity index (χ3n) is 3.81. The van der Waals surface area contributed by atoms with Gasteiger partial charge in [-0.05, 0) is 54.4 Å². The maximum absolute atomic E-state index is 13.7. The van der Waals surface area contributed by atoms with Crippen molar-refractivity contribution in [1.29, 1.82) is 0 Å². The summed E-state index contributed by atoms with van der Waals surface area (Å²) in [6, 6.07) is 3.49. The lowest BCUT2D eigenvalue weighted by molar-refractivity contribution is 0.0594. The number of piperazine rings is 1. The molecule has 1 saturated heterocycles. The first kappa shape index (κ1) is 15.4. The highest BCUT2D eigenvalue weighted by molar-refractivity contribution is 9.10. The van der Waals surface area contributed by atoms with Gasteiger partial charge in [-0.1, -0.05) is 0 Å². The molecule has 3 nitrogen and oxygen atoms in total. The van der Waals surface area contributed by atoms with Gasteiger partial charge in [-0.25, -0.2) is 4.39 Å². The van der Waals surface area contributed by atoms with Crippen LogP contribution in [0.25, 0.3) is 0 Å². The van der Waals surface area contributed by atoms with Crippen LogP contribution in [0, 0.1) is 12.7 Å². The minimum Gasteiger partial charge on any atom is -0.336 e. The molecule has 5 heteroatoms. The maximum atomic E-state index is 13.7. The second kappa shape index (κ2) is 6.22. The van der Waals surface area contributed by atoms with Crippen molar-refractivity contribution in [2.75, 3.05) is 26.2 Å². The lowest BCUT2D eigenvalue weighted by Gasteiger charge is -2.37.